The second-order valence-electron chi connectivity index (χ2n) is 3.96. The third-order valence-corrected chi connectivity index (χ3v) is 2.49. The number of carbonyl (C=O) groups is 1. The van der Waals surface area contributed by atoms with Crippen LogP contribution in [0.1, 0.15) is 11.3 Å². The second kappa shape index (κ2) is 5.27. The monoisotopic (exact) mass is 239 g/mol. The van der Waals surface area contributed by atoms with Crippen LogP contribution in [0, 0.1) is 6.92 Å². The first-order valence-electron chi connectivity index (χ1n) is 5.60. The van der Waals surface area contributed by atoms with Gasteiger partial charge in [-0.05, 0) is 36.8 Å². The van der Waals surface area contributed by atoms with Crippen molar-refractivity contribution in [1.82, 2.24) is 4.98 Å². The minimum absolute atomic E-state index is 0.846. The summed E-state index contributed by atoms with van der Waals surface area (Å²) in [7, 11) is 0. The molecule has 1 aromatic carbocycles. The Labute approximate surface area is 105 Å². The quantitative estimate of drug-likeness (QED) is 0.837. The molecule has 0 radical (unpaired) electrons. The van der Waals surface area contributed by atoms with Crippen LogP contribution in [-0.4, -0.2) is 16.1 Å². The lowest BCUT2D eigenvalue weighted by Crippen LogP contribution is -1.88. The fraction of sp³-hybridized carbons (Fsp3) is 0.0667. The van der Waals surface area contributed by atoms with Gasteiger partial charge in [-0.2, -0.15) is 0 Å². The van der Waals surface area contributed by atoms with Gasteiger partial charge in [-0.1, -0.05) is 24.3 Å². The van der Waals surface area contributed by atoms with Crippen LogP contribution in [0.5, 0.6) is 0 Å². The van der Waals surface area contributed by atoms with Crippen molar-refractivity contribution in [1.29, 1.82) is 0 Å². The maximum atomic E-state index is 10.5. The lowest BCUT2D eigenvalue weighted by atomic mass is 10.1. The largest absolute Gasteiger partial charge is 0.478 e. The summed E-state index contributed by atoms with van der Waals surface area (Å²) in [6, 6.07) is 13.5. The van der Waals surface area contributed by atoms with Gasteiger partial charge in [0.15, 0.2) is 0 Å². The van der Waals surface area contributed by atoms with E-state index in [1.165, 1.54) is 0 Å². The molecular formula is C15H13NO2. The molecule has 2 aromatic rings. The zero-order valence-corrected chi connectivity index (χ0v) is 10.00. The van der Waals surface area contributed by atoms with E-state index in [1.807, 2.05) is 49.4 Å². The first-order valence-corrected chi connectivity index (χ1v) is 5.60. The number of rotatable bonds is 3. The number of benzene rings is 1. The van der Waals surface area contributed by atoms with Crippen LogP contribution in [0.25, 0.3) is 17.3 Å². The summed E-state index contributed by atoms with van der Waals surface area (Å²) in [4.78, 5) is 14.9. The van der Waals surface area contributed by atoms with Gasteiger partial charge in [-0.15, -0.1) is 0 Å². The average Bonchev–Trinajstić information content (AvgIpc) is 2.37. The zero-order chi connectivity index (χ0) is 13.0. The molecule has 0 saturated carbocycles. The Hall–Kier alpha value is -2.42. The summed E-state index contributed by atoms with van der Waals surface area (Å²) in [5, 5.41) is 8.60. The number of aliphatic carboxylic acids is 1. The summed E-state index contributed by atoms with van der Waals surface area (Å²) in [6.45, 7) is 1.94. The SMILES string of the molecule is Cc1cccc(-c2cccc(/C=C/C(=O)O)c2)n1. The Morgan fingerprint density at radius 3 is 2.72 bits per heavy atom. The number of pyridine rings is 1. The van der Waals surface area contributed by atoms with E-state index in [9.17, 15) is 4.79 Å². The maximum absolute atomic E-state index is 10.5. The highest BCUT2D eigenvalue weighted by Gasteiger charge is 1.99. The third kappa shape index (κ3) is 3.04. The molecule has 0 spiro atoms. The Morgan fingerprint density at radius 2 is 2.00 bits per heavy atom. The highest BCUT2D eigenvalue weighted by atomic mass is 16.4. The van der Waals surface area contributed by atoms with Crippen LogP contribution < -0.4 is 0 Å². The lowest BCUT2D eigenvalue weighted by Gasteiger charge is -2.03. The van der Waals surface area contributed by atoms with Crippen molar-refractivity contribution in [3.05, 3.63) is 59.8 Å². The number of hydrogen-bond acceptors (Lipinski definition) is 2. The Kier molecular flexibility index (Phi) is 3.53. The number of aromatic nitrogens is 1. The molecule has 0 bridgehead atoms. The minimum Gasteiger partial charge on any atom is -0.478 e. The van der Waals surface area contributed by atoms with Crippen molar-refractivity contribution in [3.8, 4) is 11.3 Å². The van der Waals surface area contributed by atoms with E-state index in [0.29, 0.717) is 0 Å². The van der Waals surface area contributed by atoms with E-state index in [-0.39, 0.29) is 0 Å². The van der Waals surface area contributed by atoms with Gasteiger partial charge in [0.25, 0.3) is 0 Å². The maximum Gasteiger partial charge on any atom is 0.328 e. The number of carboxylic acid groups (broad SMARTS) is 1. The van der Waals surface area contributed by atoms with Gasteiger partial charge in [0.2, 0.25) is 0 Å². The smallest absolute Gasteiger partial charge is 0.328 e. The summed E-state index contributed by atoms with van der Waals surface area (Å²) in [5.41, 5.74) is 3.67. The highest BCUT2D eigenvalue weighted by Crippen LogP contribution is 2.19. The van der Waals surface area contributed by atoms with Gasteiger partial charge in [-0.25, -0.2) is 4.79 Å². The molecule has 1 aromatic heterocycles. The second-order valence-corrected chi connectivity index (χ2v) is 3.96. The van der Waals surface area contributed by atoms with Gasteiger partial charge in [0.05, 0.1) is 5.69 Å². The molecular weight excluding hydrogens is 226 g/mol. The number of carboxylic acids is 1. The first-order chi connectivity index (χ1) is 8.65. The fourth-order valence-electron chi connectivity index (χ4n) is 1.67. The molecule has 1 N–H and O–H groups in total. The minimum atomic E-state index is -0.950. The van der Waals surface area contributed by atoms with Gasteiger partial charge in [0.1, 0.15) is 0 Å². The molecule has 0 unspecified atom stereocenters. The fourth-order valence-corrected chi connectivity index (χ4v) is 1.67. The van der Waals surface area contributed by atoms with Crippen molar-refractivity contribution in [2.24, 2.45) is 0 Å². The topological polar surface area (TPSA) is 50.2 Å². The molecule has 0 saturated heterocycles. The van der Waals surface area contributed by atoms with E-state index in [0.717, 1.165) is 28.6 Å². The van der Waals surface area contributed by atoms with Crippen LogP contribution in [-0.2, 0) is 4.79 Å². The molecule has 18 heavy (non-hydrogen) atoms. The van der Waals surface area contributed by atoms with E-state index in [1.54, 1.807) is 6.08 Å². The summed E-state index contributed by atoms with van der Waals surface area (Å²) in [6.07, 6.45) is 2.70. The van der Waals surface area contributed by atoms with E-state index in [4.69, 9.17) is 5.11 Å². The standard InChI is InChI=1S/C15H13NO2/c1-11-4-2-7-14(16-11)13-6-3-5-12(10-13)8-9-15(17)18/h2-10H,1H3,(H,17,18)/b9-8+. The van der Waals surface area contributed by atoms with Crippen LogP contribution in [0.4, 0.5) is 0 Å². The van der Waals surface area contributed by atoms with E-state index in [2.05, 4.69) is 4.98 Å². The molecule has 0 fully saturated rings. The van der Waals surface area contributed by atoms with E-state index >= 15 is 0 Å². The molecule has 2 rings (SSSR count). The molecule has 90 valence electrons. The van der Waals surface area contributed by atoms with Crippen molar-refractivity contribution in [2.45, 2.75) is 6.92 Å². The number of aryl methyl sites for hydroxylation is 1. The van der Waals surface area contributed by atoms with Crippen molar-refractivity contribution in [3.63, 3.8) is 0 Å². The van der Waals surface area contributed by atoms with E-state index < -0.39 is 5.97 Å². The molecule has 0 atom stereocenters. The average molecular weight is 239 g/mol. The van der Waals surface area contributed by atoms with Crippen LogP contribution in [0.15, 0.2) is 48.5 Å². The summed E-state index contributed by atoms with van der Waals surface area (Å²) in [5.74, 6) is -0.950. The molecule has 3 heteroatoms. The molecule has 0 aliphatic rings. The highest BCUT2D eigenvalue weighted by molar-refractivity contribution is 5.85. The number of hydrogen-bond donors (Lipinski definition) is 1. The van der Waals surface area contributed by atoms with Crippen molar-refractivity contribution >= 4 is 12.0 Å². The van der Waals surface area contributed by atoms with Gasteiger partial charge >= 0.3 is 5.97 Å². The van der Waals surface area contributed by atoms with Crippen molar-refractivity contribution in [2.75, 3.05) is 0 Å². The predicted octanol–water partition coefficient (Wildman–Crippen LogP) is 3.15. The summed E-state index contributed by atoms with van der Waals surface area (Å²) >= 11 is 0. The Balaban J connectivity index is 2.35. The summed E-state index contributed by atoms with van der Waals surface area (Å²) < 4.78 is 0. The molecule has 1 heterocycles. The normalized spacial score (nSPS) is 10.7. The van der Waals surface area contributed by atoms with Gasteiger partial charge < -0.3 is 5.11 Å². The van der Waals surface area contributed by atoms with Gasteiger partial charge in [0, 0.05) is 17.3 Å². The molecule has 3 nitrogen and oxygen atoms in total. The van der Waals surface area contributed by atoms with Crippen LogP contribution in [0.2, 0.25) is 0 Å². The number of nitrogens with zero attached hydrogens (tertiary/aromatic N) is 1. The Bertz CT molecular complexity index is 603. The van der Waals surface area contributed by atoms with Crippen LogP contribution >= 0.6 is 0 Å². The van der Waals surface area contributed by atoms with Crippen LogP contribution in [0.3, 0.4) is 0 Å². The zero-order valence-electron chi connectivity index (χ0n) is 10.00. The Morgan fingerprint density at radius 1 is 1.22 bits per heavy atom. The molecule has 0 aliphatic carbocycles. The molecule has 0 aliphatic heterocycles. The lowest BCUT2D eigenvalue weighted by molar-refractivity contribution is -0.131. The van der Waals surface area contributed by atoms with Gasteiger partial charge in [-0.3, -0.25) is 4.98 Å². The molecule has 0 amide bonds. The predicted molar refractivity (Wildman–Crippen MR) is 71.1 cm³/mol. The third-order valence-electron chi connectivity index (χ3n) is 2.49. The first kappa shape index (κ1) is 12.0. The van der Waals surface area contributed by atoms with Crippen molar-refractivity contribution < 1.29 is 9.90 Å².